The van der Waals surface area contributed by atoms with Gasteiger partial charge in [0.1, 0.15) is 0 Å². The number of carbonyl (C=O) groups is 1. The molecule has 0 heterocycles. The summed E-state index contributed by atoms with van der Waals surface area (Å²) in [5.74, 6) is 0.00307. The molecule has 2 aliphatic carbocycles. The molecule has 5 rings (SSSR count). The average molecular weight is 1010 g/mol. The molecule has 2 nitrogen and oxygen atoms in total. The Morgan fingerprint density at radius 1 is 0.654 bits per heavy atom. The fourth-order valence-electron chi connectivity index (χ4n) is 7.28. The monoisotopic (exact) mass is 1010 g/mol. The summed E-state index contributed by atoms with van der Waals surface area (Å²) in [7, 11) is 25.7. The van der Waals surface area contributed by atoms with Crippen LogP contribution in [0.5, 0.6) is 0 Å². The SMILES string of the molecule is CC1(C)c2ccccc2-c2ccc(C(=O)NCCc3ccc4c(c3)C(C)(C)C(C)(C)C4(C)C)cc21.PP(P)P(P(P)P)P(P=S)P(P(P)P)P(P)P. The second-order valence-corrected chi connectivity index (χ2v) is 77.7. The molecule has 0 saturated heterocycles. The summed E-state index contributed by atoms with van der Waals surface area (Å²) in [5.41, 5.74) is 10.3. The summed E-state index contributed by atoms with van der Waals surface area (Å²) in [6, 6.07) is 21.7. The first kappa shape index (κ1) is 48.8. The van der Waals surface area contributed by atoms with Gasteiger partial charge in [0.05, 0.1) is 0 Å². The fourth-order valence-corrected chi connectivity index (χ4v) is 188. The Morgan fingerprint density at radius 3 is 1.71 bits per heavy atom. The number of fused-ring (bicyclic) bond motifs is 4. The lowest BCUT2D eigenvalue weighted by atomic mass is 9.59. The van der Waals surface area contributed by atoms with Crippen molar-refractivity contribution in [3.63, 3.8) is 0 Å². The number of hydrogen-bond donors (Lipinski definition) is 1. The Labute approximate surface area is 347 Å². The normalized spacial score (nSPS) is 17.6. The van der Waals surface area contributed by atoms with E-state index in [4.69, 9.17) is 11.8 Å². The molecule has 0 fully saturated rings. The van der Waals surface area contributed by atoms with E-state index in [0.717, 1.165) is 12.0 Å². The molecule has 1 amide bonds. The van der Waals surface area contributed by atoms with Crippen LogP contribution in [0.1, 0.15) is 93.6 Å². The van der Waals surface area contributed by atoms with Crippen molar-refractivity contribution in [2.75, 3.05) is 6.54 Å². The molecule has 52 heavy (non-hydrogen) atoms. The minimum atomic E-state index is -0.0962. The highest BCUT2D eigenvalue weighted by Gasteiger charge is 2.56. The third-order valence-electron chi connectivity index (χ3n) is 11.3. The Hall–Kier alpha value is 4.10. The summed E-state index contributed by atoms with van der Waals surface area (Å²) >= 11 is 5.50. The van der Waals surface area contributed by atoms with E-state index >= 15 is 0 Å². The van der Waals surface area contributed by atoms with Crippen LogP contribution < -0.4 is 5.32 Å². The third kappa shape index (κ3) is 10.1. The summed E-state index contributed by atoms with van der Waals surface area (Å²) < 4.78 is 0. The maximum Gasteiger partial charge on any atom is 0.251 e. The Balaban J connectivity index is 0.000000303. The summed E-state index contributed by atoms with van der Waals surface area (Å²) in [4.78, 5) is 13.1. The van der Waals surface area contributed by atoms with Crippen LogP contribution in [0.15, 0.2) is 60.7 Å². The minimum Gasteiger partial charge on any atom is -0.352 e. The van der Waals surface area contributed by atoms with Crippen molar-refractivity contribution in [1.29, 1.82) is 0 Å². The molecule has 3 aromatic rings. The lowest BCUT2D eigenvalue weighted by molar-refractivity contribution is 0.0954. The van der Waals surface area contributed by atoms with Gasteiger partial charge in [-0.05, 0) is 116 Å². The zero-order chi connectivity index (χ0) is 39.1. The summed E-state index contributed by atoms with van der Waals surface area (Å²) in [6.07, 6.45) is 0.831. The van der Waals surface area contributed by atoms with Gasteiger partial charge in [-0.2, -0.15) is 0 Å². The topological polar surface area (TPSA) is 29.1 Å². The Kier molecular flexibility index (Phi) is 18.6. The van der Waals surface area contributed by atoms with Crippen LogP contribution in [0.2, 0.25) is 0 Å². The number of hydrogen-bond acceptors (Lipinski definition) is 2. The van der Waals surface area contributed by atoms with Crippen LogP contribution in [0.4, 0.5) is 0 Å². The molecule has 8 atom stereocenters. The van der Waals surface area contributed by atoms with E-state index < -0.39 is 0 Å². The first-order chi connectivity index (χ1) is 24.0. The second kappa shape index (κ2) is 19.9. The molecule has 0 radical (unpaired) electrons. The first-order valence-electron chi connectivity index (χ1n) is 16.6. The van der Waals surface area contributed by atoms with Gasteiger partial charge in [-0.25, -0.2) is 0 Å². The molecule has 0 aromatic heterocycles. The molecular formula is C33H55NOP16S. The van der Waals surface area contributed by atoms with Gasteiger partial charge < -0.3 is 5.32 Å². The molecule has 0 saturated carbocycles. The molecule has 284 valence electrons. The van der Waals surface area contributed by atoms with E-state index in [1.807, 2.05) is 6.07 Å². The molecule has 2 aliphatic rings. The molecular weight excluding hydrogens is 954 g/mol. The van der Waals surface area contributed by atoms with Crippen LogP contribution in [-0.2, 0) is 34.5 Å². The van der Waals surface area contributed by atoms with Crippen molar-refractivity contribution in [2.45, 2.75) is 78.1 Å². The van der Waals surface area contributed by atoms with Gasteiger partial charge >= 0.3 is 0 Å². The van der Waals surface area contributed by atoms with Crippen molar-refractivity contribution in [2.24, 2.45) is 5.41 Å². The van der Waals surface area contributed by atoms with E-state index in [0.29, 0.717) is 6.54 Å². The van der Waals surface area contributed by atoms with Crippen molar-refractivity contribution in [3.05, 3.63) is 94.0 Å². The lowest BCUT2D eigenvalue weighted by Crippen LogP contribution is -2.42. The maximum absolute atomic E-state index is 13.1. The maximum atomic E-state index is 13.1. The summed E-state index contributed by atoms with van der Waals surface area (Å²) in [6.45, 7) is 19.6. The molecule has 0 spiro atoms. The van der Waals surface area contributed by atoms with E-state index in [1.165, 1.54) is 46.0 Å². The van der Waals surface area contributed by atoms with E-state index in [2.05, 4.69) is 187 Å². The van der Waals surface area contributed by atoms with Gasteiger partial charge in [-0.15, -0.1) is 71.4 Å². The van der Waals surface area contributed by atoms with Gasteiger partial charge in [0, 0.05) is 31.6 Å². The van der Waals surface area contributed by atoms with E-state index in [-0.39, 0.29) is 76.5 Å². The second-order valence-electron chi connectivity index (χ2n) is 15.1. The number of amides is 1. The zero-order valence-corrected chi connectivity index (χ0v) is 48.4. The van der Waals surface area contributed by atoms with Crippen LogP contribution in [0, 0.1) is 5.41 Å². The first-order valence-corrected chi connectivity index (χ1v) is 45.8. The average Bonchev–Trinajstić information content (AvgIpc) is 3.34. The Morgan fingerprint density at radius 2 is 1.17 bits per heavy atom. The van der Waals surface area contributed by atoms with Gasteiger partial charge in [-0.1, -0.05) is 116 Å². The smallest absolute Gasteiger partial charge is 0.251 e. The molecule has 19 heteroatoms. The van der Waals surface area contributed by atoms with Crippen LogP contribution in [-0.4, -0.2) is 12.5 Å². The van der Waals surface area contributed by atoms with E-state index in [9.17, 15) is 4.79 Å². The highest BCUT2D eigenvalue weighted by molar-refractivity contribution is 9.30. The van der Waals surface area contributed by atoms with Crippen molar-refractivity contribution in [1.82, 2.24) is 5.32 Å². The highest BCUT2D eigenvalue weighted by atomic mass is 33.4. The predicted molar refractivity (Wildman–Crippen MR) is 287 cm³/mol. The number of carbonyl (C=O) groups excluding carboxylic acids is 1. The predicted octanol–water partition coefficient (Wildman–Crippen LogP) is 17.1. The molecule has 0 bridgehead atoms. The van der Waals surface area contributed by atoms with Crippen molar-refractivity contribution >= 4 is 145 Å². The van der Waals surface area contributed by atoms with Crippen molar-refractivity contribution < 1.29 is 4.79 Å². The number of nitrogens with one attached hydrogen (secondary N) is 1. The largest absolute Gasteiger partial charge is 0.352 e. The molecule has 3 aromatic carbocycles. The molecule has 1 N–H and O–H groups in total. The van der Waals surface area contributed by atoms with Crippen LogP contribution in [0.25, 0.3) is 11.1 Å². The Bertz CT molecular complexity index is 1740. The molecule has 0 aliphatic heterocycles. The lowest BCUT2D eigenvalue weighted by Gasteiger charge is -2.44. The number of rotatable bonds is 11. The van der Waals surface area contributed by atoms with Gasteiger partial charge in [0.15, 0.2) is 0 Å². The van der Waals surface area contributed by atoms with E-state index in [1.54, 1.807) is 0 Å². The van der Waals surface area contributed by atoms with Gasteiger partial charge in [-0.3, -0.25) is 4.79 Å². The standard InChI is InChI=1S/C33H39NO.H16P16S/c1-30(2)25-12-10-9-11-23(25)24-15-14-22(20-27(24)30)29(35)34-18-17-21-13-16-26-28(19-21)32(5,6)33(7,8)31(26,3)4;1-10(2)15(11(3)4)14(9-17)16(12(5)6)13(7)8/h9-16,19-20H,17-18H2,1-8H3,(H,34,35);1-8H2. The van der Waals surface area contributed by atoms with Gasteiger partial charge in [0.2, 0.25) is 0 Å². The minimum absolute atomic E-state index is 0.00307. The van der Waals surface area contributed by atoms with Crippen molar-refractivity contribution in [3.8, 4) is 11.1 Å². The van der Waals surface area contributed by atoms with Crippen LogP contribution in [0.3, 0.4) is 0 Å². The quantitative estimate of drug-likeness (QED) is 0.194. The fraction of sp³-hybridized carbons (Fsp3) is 0.424. The highest BCUT2D eigenvalue weighted by Crippen LogP contribution is 3.24. The van der Waals surface area contributed by atoms with Crippen LogP contribution >= 0.6 is 127 Å². The number of benzene rings is 3. The summed E-state index contributed by atoms with van der Waals surface area (Å²) in [5, 5.41) is 3.17. The third-order valence-corrected chi connectivity index (χ3v) is 109. The zero-order valence-electron chi connectivity index (χ0n) is 31.2. The van der Waals surface area contributed by atoms with Gasteiger partial charge in [0.25, 0.3) is 5.91 Å². The molecule has 8 unspecified atom stereocenters.